The summed E-state index contributed by atoms with van der Waals surface area (Å²) in [6.07, 6.45) is 3.95. The first-order valence-corrected chi connectivity index (χ1v) is 10.3. The molecule has 1 amide bonds. The van der Waals surface area contributed by atoms with Gasteiger partial charge >= 0.3 is 0 Å². The lowest BCUT2D eigenvalue weighted by Gasteiger charge is -2.36. The summed E-state index contributed by atoms with van der Waals surface area (Å²) in [7, 11) is 3.58. The minimum absolute atomic E-state index is 0. The van der Waals surface area contributed by atoms with E-state index in [1.807, 2.05) is 7.05 Å². The van der Waals surface area contributed by atoms with Gasteiger partial charge in [0.25, 0.3) is 0 Å². The predicted molar refractivity (Wildman–Crippen MR) is 126 cm³/mol. The number of piperidine rings is 1. The molecule has 0 aromatic rings. The SMILES string of the molecule is CCN(CC)C(CNC(=NC)N1CCC(CC(=O)NC)CC1)CC(C)C.I. The largest absolute Gasteiger partial charge is 0.359 e. The molecule has 7 heteroatoms. The summed E-state index contributed by atoms with van der Waals surface area (Å²) < 4.78 is 0. The number of carbonyl (C=O) groups is 1. The minimum Gasteiger partial charge on any atom is -0.359 e. The number of likely N-dealkylation sites (tertiary alicyclic amines) is 1. The maximum Gasteiger partial charge on any atom is 0.220 e. The van der Waals surface area contributed by atoms with E-state index in [4.69, 9.17) is 0 Å². The second kappa shape index (κ2) is 14.4. The van der Waals surface area contributed by atoms with Gasteiger partial charge in [0.15, 0.2) is 5.96 Å². The quantitative estimate of drug-likeness (QED) is 0.294. The van der Waals surface area contributed by atoms with Crippen molar-refractivity contribution >= 4 is 35.8 Å². The Kier molecular flexibility index (Phi) is 14.1. The van der Waals surface area contributed by atoms with E-state index in [9.17, 15) is 4.79 Å². The van der Waals surface area contributed by atoms with Crippen LogP contribution >= 0.6 is 24.0 Å². The Hall–Kier alpha value is -0.570. The molecule has 1 atom stereocenters. The van der Waals surface area contributed by atoms with Crippen LogP contribution in [0.3, 0.4) is 0 Å². The van der Waals surface area contributed by atoms with Crippen molar-refractivity contribution in [2.45, 2.75) is 59.4 Å². The second-order valence-corrected chi connectivity index (χ2v) is 7.74. The van der Waals surface area contributed by atoms with Crippen molar-refractivity contribution in [1.29, 1.82) is 0 Å². The summed E-state index contributed by atoms with van der Waals surface area (Å²) in [5, 5.41) is 6.35. The van der Waals surface area contributed by atoms with Crippen LogP contribution in [0.1, 0.15) is 53.4 Å². The van der Waals surface area contributed by atoms with Crippen molar-refractivity contribution in [2.24, 2.45) is 16.8 Å². The van der Waals surface area contributed by atoms with E-state index in [0.29, 0.717) is 24.3 Å². The van der Waals surface area contributed by atoms with E-state index in [0.717, 1.165) is 51.5 Å². The van der Waals surface area contributed by atoms with Gasteiger partial charge in [-0.3, -0.25) is 14.7 Å². The summed E-state index contributed by atoms with van der Waals surface area (Å²) >= 11 is 0. The van der Waals surface area contributed by atoms with Crippen molar-refractivity contribution in [2.75, 3.05) is 46.8 Å². The number of hydrogen-bond acceptors (Lipinski definition) is 3. The van der Waals surface area contributed by atoms with Crippen LogP contribution < -0.4 is 10.6 Å². The van der Waals surface area contributed by atoms with Gasteiger partial charge in [-0.15, -0.1) is 24.0 Å². The average molecular weight is 495 g/mol. The maximum absolute atomic E-state index is 11.6. The first-order valence-electron chi connectivity index (χ1n) is 10.3. The van der Waals surface area contributed by atoms with Gasteiger partial charge in [0.2, 0.25) is 5.91 Å². The lowest BCUT2D eigenvalue weighted by atomic mass is 9.93. The fourth-order valence-corrected chi connectivity index (χ4v) is 3.90. The molecule has 160 valence electrons. The first kappa shape index (κ1) is 26.4. The highest BCUT2D eigenvalue weighted by Crippen LogP contribution is 2.20. The smallest absolute Gasteiger partial charge is 0.220 e. The number of nitrogens with zero attached hydrogens (tertiary/aromatic N) is 3. The predicted octanol–water partition coefficient (Wildman–Crippen LogP) is 2.78. The van der Waals surface area contributed by atoms with Crippen LogP contribution in [0.4, 0.5) is 0 Å². The Labute approximate surface area is 183 Å². The van der Waals surface area contributed by atoms with Gasteiger partial charge in [-0.2, -0.15) is 0 Å². The van der Waals surface area contributed by atoms with E-state index in [2.05, 4.69) is 53.1 Å². The molecule has 2 N–H and O–H groups in total. The van der Waals surface area contributed by atoms with Gasteiger partial charge in [0.05, 0.1) is 0 Å². The average Bonchev–Trinajstić information content (AvgIpc) is 2.63. The highest BCUT2D eigenvalue weighted by molar-refractivity contribution is 14.0. The number of carbonyl (C=O) groups excluding carboxylic acids is 1. The van der Waals surface area contributed by atoms with Gasteiger partial charge in [-0.25, -0.2) is 0 Å². The van der Waals surface area contributed by atoms with Crippen LogP contribution in [0.2, 0.25) is 0 Å². The number of likely N-dealkylation sites (N-methyl/N-ethyl adjacent to an activating group) is 1. The summed E-state index contributed by atoms with van der Waals surface area (Å²) in [5.41, 5.74) is 0. The van der Waals surface area contributed by atoms with E-state index in [1.165, 1.54) is 6.42 Å². The van der Waals surface area contributed by atoms with Crippen molar-refractivity contribution in [3.05, 3.63) is 0 Å². The highest BCUT2D eigenvalue weighted by atomic mass is 127. The summed E-state index contributed by atoms with van der Waals surface area (Å²) in [6, 6.07) is 0.535. The molecule has 0 aromatic heterocycles. The normalized spacial score (nSPS) is 17.0. The summed E-state index contributed by atoms with van der Waals surface area (Å²) in [5.74, 6) is 2.34. The molecule has 0 saturated carbocycles. The van der Waals surface area contributed by atoms with Gasteiger partial charge in [0.1, 0.15) is 0 Å². The molecule has 0 spiro atoms. The van der Waals surface area contributed by atoms with Crippen molar-refractivity contribution in [1.82, 2.24) is 20.4 Å². The van der Waals surface area contributed by atoms with Gasteiger partial charge in [-0.1, -0.05) is 27.7 Å². The molecule has 1 aliphatic rings. The second-order valence-electron chi connectivity index (χ2n) is 7.74. The topological polar surface area (TPSA) is 60.0 Å². The molecule has 1 saturated heterocycles. The molecular weight excluding hydrogens is 453 g/mol. The molecule has 0 aromatic carbocycles. The van der Waals surface area contributed by atoms with Crippen molar-refractivity contribution in [3.8, 4) is 0 Å². The third kappa shape index (κ3) is 9.45. The van der Waals surface area contributed by atoms with Crippen LogP contribution in [-0.2, 0) is 4.79 Å². The van der Waals surface area contributed by atoms with E-state index < -0.39 is 0 Å². The molecule has 27 heavy (non-hydrogen) atoms. The molecule has 1 fully saturated rings. The number of halogens is 1. The molecule has 1 unspecified atom stereocenters. The first-order chi connectivity index (χ1) is 12.4. The maximum atomic E-state index is 11.6. The lowest BCUT2D eigenvalue weighted by molar-refractivity contribution is -0.121. The molecule has 6 nitrogen and oxygen atoms in total. The number of aliphatic imine (C=N–C) groups is 1. The summed E-state index contributed by atoms with van der Waals surface area (Å²) in [6.45, 7) is 14.1. The third-order valence-corrected chi connectivity index (χ3v) is 5.45. The van der Waals surface area contributed by atoms with Crippen LogP contribution in [-0.4, -0.2) is 74.5 Å². The Balaban J connectivity index is 0.00000676. The summed E-state index contributed by atoms with van der Waals surface area (Å²) in [4.78, 5) is 21.0. The molecule has 1 heterocycles. The molecule has 1 aliphatic heterocycles. The van der Waals surface area contributed by atoms with Gasteiger partial charge in [0, 0.05) is 46.2 Å². The zero-order chi connectivity index (χ0) is 19.5. The Morgan fingerprint density at radius 3 is 2.26 bits per heavy atom. The van der Waals surface area contributed by atoms with Crippen LogP contribution in [0.5, 0.6) is 0 Å². The Bertz CT molecular complexity index is 432. The number of amides is 1. The number of guanidine groups is 1. The molecule has 1 rings (SSSR count). The zero-order valence-corrected chi connectivity index (χ0v) is 20.6. The van der Waals surface area contributed by atoms with E-state index in [1.54, 1.807) is 7.05 Å². The lowest BCUT2D eigenvalue weighted by Crippen LogP contribution is -2.50. The number of nitrogens with one attached hydrogen (secondary N) is 2. The van der Waals surface area contributed by atoms with Crippen LogP contribution in [0.15, 0.2) is 4.99 Å². The fourth-order valence-electron chi connectivity index (χ4n) is 3.90. The van der Waals surface area contributed by atoms with E-state index in [-0.39, 0.29) is 29.9 Å². The molecule has 0 aliphatic carbocycles. The number of hydrogen-bond donors (Lipinski definition) is 2. The van der Waals surface area contributed by atoms with Crippen LogP contribution in [0.25, 0.3) is 0 Å². The molecule has 0 radical (unpaired) electrons. The van der Waals surface area contributed by atoms with E-state index >= 15 is 0 Å². The van der Waals surface area contributed by atoms with Crippen molar-refractivity contribution in [3.63, 3.8) is 0 Å². The monoisotopic (exact) mass is 495 g/mol. The Morgan fingerprint density at radius 1 is 1.22 bits per heavy atom. The fraction of sp³-hybridized carbons (Fsp3) is 0.900. The van der Waals surface area contributed by atoms with Gasteiger partial charge in [-0.05, 0) is 44.2 Å². The molecule has 0 bridgehead atoms. The highest BCUT2D eigenvalue weighted by Gasteiger charge is 2.24. The van der Waals surface area contributed by atoms with Gasteiger partial charge < -0.3 is 15.5 Å². The minimum atomic E-state index is 0. The zero-order valence-electron chi connectivity index (χ0n) is 18.3. The number of rotatable bonds is 9. The molecular formula is C20H42IN5O. The Morgan fingerprint density at radius 2 is 1.81 bits per heavy atom. The standard InChI is InChI=1S/C20H41N5O.HI/c1-7-24(8-2)18(13-16(3)4)15-23-20(22-6)25-11-9-17(10-12-25)14-19(26)21-5;/h16-18H,7-15H2,1-6H3,(H,21,26)(H,22,23);1H. The van der Waals surface area contributed by atoms with Crippen molar-refractivity contribution < 1.29 is 4.79 Å². The van der Waals surface area contributed by atoms with Crippen LogP contribution in [0, 0.1) is 11.8 Å². The third-order valence-electron chi connectivity index (χ3n) is 5.45.